The van der Waals surface area contributed by atoms with Crippen molar-refractivity contribution < 1.29 is 8.42 Å². The minimum absolute atomic E-state index is 0.00598. The van der Waals surface area contributed by atoms with E-state index in [-0.39, 0.29) is 6.04 Å². The Bertz CT molecular complexity index is 568. The highest BCUT2D eigenvalue weighted by atomic mass is 32.2. The number of nitrogens with one attached hydrogen (secondary N) is 1. The zero-order chi connectivity index (χ0) is 16.2. The monoisotopic (exact) mass is 312 g/mol. The lowest BCUT2D eigenvalue weighted by Gasteiger charge is -2.23. The predicted molar refractivity (Wildman–Crippen MR) is 87.9 cm³/mol. The Morgan fingerprint density at radius 1 is 1.24 bits per heavy atom. The molecule has 0 aliphatic heterocycles. The second-order valence-electron chi connectivity index (χ2n) is 5.90. The first-order valence-corrected chi connectivity index (χ1v) is 8.95. The Labute approximate surface area is 129 Å². The quantitative estimate of drug-likeness (QED) is 0.842. The topological polar surface area (TPSA) is 49.4 Å². The molecule has 5 heteroatoms. The van der Waals surface area contributed by atoms with Crippen LogP contribution in [-0.4, -0.2) is 31.9 Å². The van der Waals surface area contributed by atoms with E-state index in [4.69, 9.17) is 0 Å². The number of benzene rings is 1. The third-order valence-corrected chi connectivity index (χ3v) is 5.88. The normalized spacial score (nSPS) is 13.9. The fourth-order valence-electron chi connectivity index (χ4n) is 1.97. The number of sulfonamides is 1. The first kappa shape index (κ1) is 18.1. The second kappa shape index (κ2) is 7.38. The molecule has 1 N–H and O–H groups in total. The number of nitrogens with zero attached hydrogens (tertiary/aromatic N) is 1. The molecule has 4 nitrogen and oxygen atoms in total. The molecule has 1 atom stereocenters. The van der Waals surface area contributed by atoms with E-state index in [0.717, 1.165) is 17.5 Å². The SMILES string of the molecule is CCC(C)N(C)S(=O)(=O)c1ccc(C)c(CNC(C)C)c1. The smallest absolute Gasteiger partial charge is 0.243 e. The van der Waals surface area contributed by atoms with Gasteiger partial charge in [-0.05, 0) is 43.5 Å². The van der Waals surface area contributed by atoms with E-state index < -0.39 is 10.0 Å². The molecule has 0 heterocycles. The average molecular weight is 312 g/mol. The van der Waals surface area contributed by atoms with Crippen LogP contribution < -0.4 is 5.32 Å². The molecule has 0 saturated heterocycles. The van der Waals surface area contributed by atoms with E-state index in [9.17, 15) is 8.42 Å². The largest absolute Gasteiger partial charge is 0.310 e. The van der Waals surface area contributed by atoms with Crippen LogP contribution in [0.5, 0.6) is 0 Å². The molecule has 120 valence electrons. The number of hydrogen-bond donors (Lipinski definition) is 1. The maximum atomic E-state index is 12.6. The molecular weight excluding hydrogens is 284 g/mol. The molecule has 0 saturated carbocycles. The summed E-state index contributed by atoms with van der Waals surface area (Å²) >= 11 is 0. The molecule has 1 unspecified atom stereocenters. The molecule has 0 bridgehead atoms. The van der Waals surface area contributed by atoms with Gasteiger partial charge in [0.15, 0.2) is 0 Å². The molecule has 1 aromatic rings. The standard InChI is InChI=1S/C16H28N2O2S/c1-7-14(5)18(6)21(19,20)16-9-8-13(4)15(10-16)11-17-12(2)3/h8-10,12,14,17H,7,11H2,1-6H3. The van der Waals surface area contributed by atoms with Crippen molar-refractivity contribution in [2.24, 2.45) is 0 Å². The molecule has 0 radical (unpaired) electrons. The Morgan fingerprint density at radius 2 is 1.86 bits per heavy atom. The summed E-state index contributed by atoms with van der Waals surface area (Å²) < 4.78 is 26.7. The van der Waals surface area contributed by atoms with Crippen LogP contribution in [0, 0.1) is 6.92 Å². The molecule has 21 heavy (non-hydrogen) atoms. The summed E-state index contributed by atoms with van der Waals surface area (Å²) in [6.45, 7) is 10.8. The zero-order valence-corrected chi connectivity index (χ0v) is 14.8. The first-order valence-electron chi connectivity index (χ1n) is 7.51. The summed E-state index contributed by atoms with van der Waals surface area (Å²) in [5.74, 6) is 0. The fraction of sp³-hybridized carbons (Fsp3) is 0.625. The lowest BCUT2D eigenvalue weighted by atomic mass is 10.1. The predicted octanol–water partition coefficient (Wildman–Crippen LogP) is 2.91. The summed E-state index contributed by atoms with van der Waals surface area (Å²) in [4.78, 5) is 0.372. The molecule has 0 spiro atoms. The number of rotatable bonds is 7. The molecule has 1 rings (SSSR count). The van der Waals surface area contributed by atoms with Gasteiger partial charge in [-0.15, -0.1) is 0 Å². The Morgan fingerprint density at radius 3 is 2.38 bits per heavy atom. The summed E-state index contributed by atoms with van der Waals surface area (Å²) in [5.41, 5.74) is 2.13. The Balaban J connectivity index is 3.11. The van der Waals surface area contributed by atoms with Crippen molar-refractivity contribution in [3.8, 4) is 0 Å². The van der Waals surface area contributed by atoms with Crippen molar-refractivity contribution in [3.63, 3.8) is 0 Å². The maximum Gasteiger partial charge on any atom is 0.243 e. The van der Waals surface area contributed by atoms with E-state index in [1.54, 1.807) is 19.2 Å². The van der Waals surface area contributed by atoms with Crippen LogP contribution in [0.2, 0.25) is 0 Å². The molecule has 0 aliphatic carbocycles. The van der Waals surface area contributed by atoms with Gasteiger partial charge < -0.3 is 5.32 Å². The van der Waals surface area contributed by atoms with E-state index in [1.165, 1.54) is 4.31 Å². The lowest BCUT2D eigenvalue weighted by molar-refractivity contribution is 0.380. The van der Waals surface area contributed by atoms with Crippen LogP contribution in [0.4, 0.5) is 0 Å². The van der Waals surface area contributed by atoms with Crippen molar-refractivity contribution in [2.75, 3.05) is 7.05 Å². The number of hydrogen-bond acceptors (Lipinski definition) is 3. The second-order valence-corrected chi connectivity index (χ2v) is 7.90. The van der Waals surface area contributed by atoms with Gasteiger partial charge in [-0.1, -0.05) is 26.8 Å². The van der Waals surface area contributed by atoms with Crippen molar-refractivity contribution in [1.82, 2.24) is 9.62 Å². The van der Waals surface area contributed by atoms with Crippen LogP contribution in [-0.2, 0) is 16.6 Å². The third kappa shape index (κ3) is 4.53. The highest BCUT2D eigenvalue weighted by Crippen LogP contribution is 2.21. The number of aryl methyl sites for hydroxylation is 1. The highest BCUT2D eigenvalue weighted by molar-refractivity contribution is 7.89. The molecule has 0 amide bonds. The zero-order valence-electron chi connectivity index (χ0n) is 14.0. The van der Waals surface area contributed by atoms with Gasteiger partial charge in [0.05, 0.1) is 4.90 Å². The summed E-state index contributed by atoms with van der Waals surface area (Å²) in [6.07, 6.45) is 0.795. The summed E-state index contributed by atoms with van der Waals surface area (Å²) in [7, 11) is -1.77. The van der Waals surface area contributed by atoms with E-state index in [0.29, 0.717) is 17.5 Å². The van der Waals surface area contributed by atoms with Gasteiger partial charge in [-0.2, -0.15) is 4.31 Å². The van der Waals surface area contributed by atoms with E-state index >= 15 is 0 Å². The van der Waals surface area contributed by atoms with Crippen LogP contribution in [0.25, 0.3) is 0 Å². The Kier molecular flexibility index (Phi) is 6.38. The van der Waals surface area contributed by atoms with Gasteiger partial charge in [-0.25, -0.2) is 8.42 Å². The van der Waals surface area contributed by atoms with E-state index in [1.807, 2.05) is 26.8 Å². The highest BCUT2D eigenvalue weighted by Gasteiger charge is 2.24. The first-order chi connectivity index (χ1) is 9.70. The maximum absolute atomic E-state index is 12.6. The molecular formula is C16H28N2O2S. The van der Waals surface area contributed by atoms with Crippen LogP contribution in [0.3, 0.4) is 0 Å². The molecule has 0 aromatic heterocycles. The summed E-state index contributed by atoms with van der Waals surface area (Å²) in [5, 5.41) is 3.34. The van der Waals surface area contributed by atoms with Gasteiger partial charge in [0.1, 0.15) is 0 Å². The molecule has 0 aliphatic rings. The van der Waals surface area contributed by atoms with Crippen LogP contribution in [0.1, 0.15) is 45.2 Å². The van der Waals surface area contributed by atoms with Crippen LogP contribution in [0.15, 0.2) is 23.1 Å². The third-order valence-electron chi connectivity index (χ3n) is 3.91. The minimum Gasteiger partial charge on any atom is -0.310 e. The van der Waals surface area contributed by atoms with Gasteiger partial charge >= 0.3 is 0 Å². The Hall–Kier alpha value is -0.910. The van der Waals surface area contributed by atoms with Crippen molar-refractivity contribution in [3.05, 3.63) is 29.3 Å². The van der Waals surface area contributed by atoms with Gasteiger partial charge in [0.25, 0.3) is 0 Å². The van der Waals surface area contributed by atoms with Gasteiger partial charge in [0.2, 0.25) is 10.0 Å². The lowest BCUT2D eigenvalue weighted by Crippen LogP contribution is -2.34. The van der Waals surface area contributed by atoms with Gasteiger partial charge in [-0.3, -0.25) is 0 Å². The fourth-order valence-corrected chi connectivity index (χ4v) is 3.46. The minimum atomic E-state index is -3.42. The van der Waals surface area contributed by atoms with Crippen LogP contribution >= 0.6 is 0 Å². The summed E-state index contributed by atoms with van der Waals surface area (Å²) in [6, 6.07) is 5.73. The molecule has 0 fully saturated rings. The van der Waals surface area contributed by atoms with Crippen molar-refractivity contribution in [2.45, 2.75) is 64.6 Å². The van der Waals surface area contributed by atoms with E-state index in [2.05, 4.69) is 19.2 Å². The average Bonchev–Trinajstić information content (AvgIpc) is 2.44. The van der Waals surface area contributed by atoms with Crippen molar-refractivity contribution >= 4 is 10.0 Å². The van der Waals surface area contributed by atoms with Gasteiger partial charge in [0, 0.05) is 25.7 Å². The van der Waals surface area contributed by atoms with Crippen molar-refractivity contribution in [1.29, 1.82) is 0 Å². The molecule has 1 aromatic carbocycles.